The Labute approximate surface area is 89.7 Å². The number of nitrogens with one attached hydrogen (secondary N) is 1. The van der Waals surface area contributed by atoms with Crippen molar-refractivity contribution in [3.8, 4) is 0 Å². The Kier molecular flexibility index (Phi) is 3.04. The summed E-state index contributed by atoms with van der Waals surface area (Å²) in [5, 5.41) is 4.13. The van der Waals surface area contributed by atoms with Crippen LogP contribution in [0.1, 0.15) is 30.0 Å². The van der Waals surface area contributed by atoms with Gasteiger partial charge < -0.3 is 5.32 Å². The van der Waals surface area contributed by atoms with Crippen LogP contribution in [0.25, 0.3) is 0 Å². The summed E-state index contributed by atoms with van der Waals surface area (Å²) in [5.41, 5.74) is 2.42. The van der Waals surface area contributed by atoms with Gasteiger partial charge in [-0.25, -0.2) is 0 Å². The molecule has 0 spiro atoms. The topological polar surface area (TPSA) is 24.9 Å². The molecule has 1 saturated heterocycles. The van der Waals surface area contributed by atoms with E-state index in [1.165, 1.54) is 24.1 Å². The van der Waals surface area contributed by atoms with E-state index < -0.39 is 0 Å². The normalized spacial score (nSPS) is 22.3. The number of aromatic nitrogens is 1. The maximum Gasteiger partial charge on any atom is 0.0592 e. The fourth-order valence-electron chi connectivity index (χ4n) is 2.06. The van der Waals surface area contributed by atoms with Gasteiger partial charge in [0.25, 0.3) is 0 Å². The van der Waals surface area contributed by atoms with Crippen LogP contribution in [-0.4, -0.2) is 18.1 Å². The Hall–Kier alpha value is -0.600. The summed E-state index contributed by atoms with van der Waals surface area (Å²) in [7, 11) is 0. The van der Waals surface area contributed by atoms with Crippen molar-refractivity contribution in [2.45, 2.75) is 25.7 Å². The average Bonchev–Trinajstić information content (AvgIpc) is 2.19. The van der Waals surface area contributed by atoms with Crippen LogP contribution in [0.5, 0.6) is 0 Å². The molecule has 1 aromatic heterocycles. The molecule has 2 rings (SSSR count). The molecule has 0 radical (unpaired) electrons. The molecular formula is C11H15ClN2. The average molecular weight is 211 g/mol. The van der Waals surface area contributed by atoms with E-state index in [9.17, 15) is 0 Å². The number of halogens is 1. The maximum atomic E-state index is 5.88. The summed E-state index contributed by atoms with van der Waals surface area (Å²) >= 11 is 5.88. The van der Waals surface area contributed by atoms with E-state index in [1.807, 2.05) is 6.07 Å². The molecule has 1 aromatic rings. The van der Waals surface area contributed by atoms with Crippen LogP contribution in [-0.2, 0) is 0 Å². The van der Waals surface area contributed by atoms with Gasteiger partial charge in [0, 0.05) is 24.4 Å². The summed E-state index contributed by atoms with van der Waals surface area (Å²) in [4.78, 5) is 4.43. The molecule has 0 aromatic carbocycles. The van der Waals surface area contributed by atoms with E-state index in [0.717, 1.165) is 18.1 Å². The number of piperidine rings is 1. The summed E-state index contributed by atoms with van der Waals surface area (Å²) in [5.74, 6) is 0.570. The Morgan fingerprint density at radius 1 is 1.57 bits per heavy atom. The third-order valence-corrected chi connectivity index (χ3v) is 2.98. The van der Waals surface area contributed by atoms with Gasteiger partial charge in [0.05, 0.1) is 5.02 Å². The van der Waals surface area contributed by atoms with E-state index in [0.29, 0.717) is 5.92 Å². The number of aryl methyl sites for hydroxylation is 1. The van der Waals surface area contributed by atoms with E-state index in [2.05, 4.69) is 17.2 Å². The molecule has 1 atom stereocenters. The minimum absolute atomic E-state index is 0.570. The molecule has 1 aliphatic rings. The first-order valence-corrected chi connectivity index (χ1v) is 5.48. The van der Waals surface area contributed by atoms with Gasteiger partial charge in [0.1, 0.15) is 0 Å². The second-order valence-electron chi connectivity index (χ2n) is 3.90. The molecular weight excluding hydrogens is 196 g/mol. The van der Waals surface area contributed by atoms with Crippen molar-refractivity contribution in [1.82, 2.24) is 10.3 Å². The highest BCUT2D eigenvalue weighted by Gasteiger charge is 2.17. The number of hydrogen-bond acceptors (Lipinski definition) is 2. The molecule has 1 fully saturated rings. The third kappa shape index (κ3) is 2.07. The number of hydrogen-bond donors (Lipinski definition) is 1. The lowest BCUT2D eigenvalue weighted by molar-refractivity contribution is 0.453. The second kappa shape index (κ2) is 4.28. The molecule has 1 aliphatic heterocycles. The van der Waals surface area contributed by atoms with Gasteiger partial charge in [-0.2, -0.15) is 0 Å². The van der Waals surface area contributed by atoms with Crippen LogP contribution in [0.2, 0.25) is 5.02 Å². The van der Waals surface area contributed by atoms with E-state index in [-0.39, 0.29) is 0 Å². The zero-order valence-electron chi connectivity index (χ0n) is 8.39. The van der Waals surface area contributed by atoms with Crippen LogP contribution >= 0.6 is 11.6 Å². The van der Waals surface area contributed by atoms with E-state index >= 15 is 0 Å². The van der Waals surface area contributed by atoms with E-state index in [1.54, 1.807) is 6.20 Å². The smallest absolute Gasteiger partial charge is 0.0592 e. The predicted molar refractivity (Wildman–Crippen MR) is 58.8 cm³/mol. The lowest BCUT2D eigenvalue weighted by Crippen LogP contribution is -2.29. The molecule has 14 heavy (non-hydrogen) atoms. The van der Waals surface area contributed by atoms with Gasteiger partial charge >= 0.3 is 0 Å². The van der Waals surface area contributed by atoms with Gasteiger partial charge in [-0.1, -0.05) is 11.6 Å². The summed E-state index contributed by atoms with van der Waals surface area (Å²) in [6.45, 7) is 4.28. The third-order valence-electron chi connectivity index (χ3n) is 2.77. The minimum Gasteiger partial charge on any atom is -0.316 e. The predicted octanol–water partition coefficient (Wildman–Crippen LogP) is 2.51. The zero-order chi connectivity index (χ0) is 9.97. The van der Waals surface area contributed by atoms with Gasteiger partial charge in [-0.05, 0) is 37.9 Å². The summed E-state index contributed by atoms with van der Waals surface area (Å²) in [6.07, 6.45) is 4.23. The Balaban J connectivity index is 2.22. The van der Waals surface area contributed by atoms with Crippen molar-refractivity contribution in [3.63, 3.8) is 0 Å². The summed E-state index contributed by atoms with van der Waals surface area (Å²) in [6, 6.07) is 2.00. The van der Waals surface area contributed by atoms with Crippen molar-refractivity contribution in [1.29, 1.82) is 0 Å². The number of nitrogens with zero attached hydrogens (tertiary/aromatic N) is 1. The van der Waals surface area contributed by atoms with Crippen LogP contribution in [0.4, 0.5) is 0 Å². The SMILES string of the molecule is Cc1cc(Cl)cnc1[C@@H]1CCCNC1. The highest BCUT2D eigenvalue weighted by Crippen LogP contribution is 2.25. The van der Waals surface area contributed by atoms with Crippen LogP contribution in [0, 0.1) is 6.92 Å². The Morgan fingerprint density at radius 2 is 2.43 bits per heavy atom. The molecule has 1 N–H and O–H groups in total. The molecule has 2 nitrogen and oxygen atoms in total. The highest BCUT2D eigenvalue weighted by atomic mass is 35.5. The molecule has 0 saturated carbocycles. The van der Waals surface area contributed by atoms with Gasteiger partial charge in [0.2, 0.25) is 0 Å². The summed E-state index contributed by atoms with van der Waals surface area (Å²) < 4.78 is 0. The fraction of sp³-hybridized carbons (Fsp3) is 0.545. The molecule has 3 heteroatoms. The quantitative estimate of drug-likeness (QED) is 0.771. The van der Waals surface area contributed by atoms with Crippen molar-refractivity contribution in [2.75, 3.05) is 13.1 Å². The monoisotopic (exact) mass is 210 g/mol. The second-order valence-corrected chi connectivity index (χ2v) is 4.34. The standard InChI is InChI=1S/C11H15ClN2/c1-8-5-10(12)7-14-11(8)9-3-2-4-13-6-9/h5,7,9,13H,2-4,6H2,1H3/t9-/m1/s1. The van der Waals surface area contributed by atoms with E-state index in [4.69, 9.17) is 11.6 Å². The van der Waals surface area contributed by atoms with Crippen molar-refractivity contribution >= 4 is 11.6 Å². The van der Waals surface area contributed by atoms with Crippen LogP contribution in [0.3, 0.4) is 0 Å². The Morgan fingerprint density at radius 3 is 3.07 bits per heavy atom. The van der Waals surface area contributed by atoms with Crippen LogP contribution in [0.15, 0.2) is 12.3 Å². The lowest BCUT2D eigenvalue weighted by atomic mass is 9.93. The molecule has 2 heterocycles. The Bertz CT molecular complexity index is 319. The molecule has 0 aliphatic carbocycles. The highest BCUT2D eigenvalue weighted by molar-refractivity contribution is 6.30. The lowest BCUT2D eigenvalue weighted by Gasteiger charge is -2.23. The molecule has 0 bridgehead atoms. The maximum absolute atomic E-state index is 5.88. The first-order valence-electron chi connectivity index (χ1n) is 5.10. The van der Waals surface area contributed by atoms with Crippen LogP contribution < -0.4 is 5.32 Å². The zero-order valence-corrected chi connectivity index (χ0v) is 9.14. The molecule has 0 unspecified atom stereocenters. The van der Waals surface area contributed by atoms with Crippen molar-refractivity contribution in [3.05, 3.63) is 28.5 Å². The van der Waals surface area contributed by atoms with Crippen molar-refractivity contribution < 1.29 is 0 Å². The first kappa shape index (κ1) is 9.94. The first-order chi connectivity index (χ1) is 6.77. The molecule has 0 amide bonds. The fourth-order valence-corrected chi connectivity index (χ4v) is 2.28. The van der Waals surface area contributed by atoms with Crippen molar-refractivity contribution in [2.24, 2.45) is 0 Å². The largest absolute Gasteiger partial charge is 0.316 e. The minimum atomic E-state index is 0.570. The van der Waals surface area contributed by atoms with Gasteiger partial charge in [-0.15, -0.1) is 0 Å². The number of pyridine rings is 1. The number of rotatable bonds is 1. The van der Waals surface area contributed by atoms with Gasteiger partial charge in [-0.3, -0.25) is 4.98 Å². The molecule has 76 valence electrons. The van der Waals surface area contributed by atoms with Gasteiger partial charge in [0.15, 0.2) is 0 Å².